The summed E-state index contributed by atoms with van der Waals surface area (Å²) < 4.78 is 3.07. The highest BCUT2D eigenvalue weighted by Gasteiger charge is 2.20. The molecule has 0 saturated carbocycles. The van der Waals surface area contributed by atoms with Crippen LogP contribution in [0.5, 0.6) is 0 Å². The highest BCUT2D eigenvalue weighted by molar-refractivity contribution is 7.98. The number of hydrogen-bond acceptors (Lipinski definition) is 6. The van der Waals surface area contributed by atoms with Crippen molar-refractivity contribution < 1.29 is 0 Å². The van der Waals surface area contributed by atoms with Crippen molar-refractivity contribution in [2.75, 3.05) is 0 Å². The lowest BCUT2D eigenvalue weighted by Gasteiger charge is -2.19. The number of nitrogens with zero attached hydrogens (tertiary/aromatic N) is 5. The van der Waals surface area contributed by atoms with Gasteiger partial charge in [0.1, 0.15) is 5.01 Å². The van der Waals surface area contributed by atoms with E-state index >= 15 is 0 Å². The van der Waals surface area contributed by atoms with E-state index in [9.17, 15) is 0 Å². The lowest BCUT2D eigenvalue weighted by atomic mass is 10.1. The van der Waals surface area contributed by atoms with Gasteiger partial charge in [0.05, 0.1) is 21.5 Å². The summed E-state index contributed by atoms with van der Waals surface area (Å²) in [5, 5.41) is 13.8. The van der Waals surface area contributed by atoms with Crippen LogP contribution in [0.1, 0.15) is 25.8 Å². The van der Waals surface area contributed by atoms with Gasteiger partial charge < -0.3 is 0 Å². The van der Waals surface area contributed by atoms with Crippen LogP contribution in [-0.4, -0.2) is 25.2 Å². The molecule has 104 valence electrons. The number of tetrazole rings is 1. The molecule has 0 spiro atoms. The first kappa shape index (κ1) is 13.5. The Morgan fingerprint density at radius 3 is 2.80 bits per heavy atom. The summed E-state index contributed by atoms with van der Waals surface area (Å²) in [5.74, 6) is 0.788. The van der Waals surface area contributed by atoms with Gasteiger partial charge in [0, 0.05) is 0 Å². The Morgan fingerprint density at radius 2 is 2.05 bits per heavy atom. The minimum atomic E-state index is -0.112. The van der Waals surface area contributed by atoms with E-state index in [4.69, 9.17) is 0 Å². The molecule has 0 amide bonds. The van der Waals surface area contributed by atoms with E-state index in [1.807, 2.05) is 22.9 Å². The number of para-hydroxylation sites is 1. The number of thioether (sulfide) groups is 1. The molecule has 0 fully saturated rings. The van der Waals surface area contributed by atoms with Gasteiger partial charge >= 0.3 is 0 Å². The Labute approximate surface area is 125 Å². The predicted molar refractivity (Wildman–Crippen MR) is 82.0 cm³/mol. The van der Waals surface area contributed by atoms with Gasteiger partial charge in [-0.2, -0.15) is 0 Å². The molecular weight excluding hydrogens is 290 g/mol. The van der Waals surface area contributed by atoms with Crippen LogP contribution in [0, 0.1) is 0 Å². The maximum absolute atomic E-state index is 4.62. The van der Waals surface area contributed by atoms with Crippen molar-refractivity contribution in [3.05, 3.63) is 29.3 Å². The summed E-state index contributed by atoms with van der Waals surface area (Å²) in [7, 11) is 0. The third kappa shape index (κ3) is 2.69. The second-order valence-electron chi connectivity index (χ2n) is 5.41. The molecule has 0 aliphatic carbocycles. The zero-order valence-corrected chi connectivity index (χ0v) is 13.2. The van der Waals surface area contributed by atoms with Crippen LogP contribution in [-0.2, 0) is 11.3 Å². The molecule has 1 aromatic carbocycles. The molecule has 0 aliphatic rings. The van der Waals surface area contributed by atoms with Crippen LogP contribution >= 0.6 is 23.1 Å². The molecule has 2 heterocycles. The molecule has 2 aromatic heterocycles. The summed E-state index contributed by atoms with van der Waals surface area (Å²) in [6.07, 6.45) is 0. The molecule has 7 heteroatoms. The first-order valence-electron chi connectivity index (χ1n) is 6.30. The number of aromatic nitrogens is 5. The second kappa shape index (κ2) is 5.14. The van der Waals surface area contributed by atoms with Crippen LogP contribution in [0.4, 0.5) is 0 Å². The third-order valence-corrected chi connectivity index (χ3v) is 4.89. The van der Waals surface area contributed by atoms with Gasteiger partial charge in [-0.25, -0.2) is 9.67 Å². The van der Waals surface area contributed by atoms with E-state index < -0.39 is 0 Å². The van der Waals surface area contributed by atoms with E-state index in [1.54, 1.807) is 23.1 Å². The van der Waals surface area contributed by atoms with Crippen molar-refractivity contribution in [1.29, 1.82) is 0 Å². The molecule has 20 heavy (non-hydrogen) atoms. The van der Waals surface area contributed by atoms with E-state index in [0.29, 0.717) is 0 Å². The average Bonchev–Trinajstić information content (AvgIpc) is 3.01. The lowest BCUT2D eigenvalue weighted by Crippen LogP contribution is -2.24. The van der Waals surface area contributed by atoms with Gasteiger partial charge in [-0.05, 0) is 43.3 Å². The molecule has 0 radical (unpaired) electrons. The van der Waals surface area contributed by atoms with Crippen molar-refractivity contribution >= 4 is 33.3 Å². The van der Waals surface area contributed by atoms with E-state index in [1.165, 1.54) is 4.70 Å². The topological polar surface area (TPSA) is 56.5 Å². The number of hydrogen-bond donors (Lipinski definition) is 0. The molecule has 5 nitrogen and oxygen atoms in total. The van der Waals surface area contributed by atoms with Crippen molar-refractivity contribution in [2.45, 2.75) is 37.2 Å². The minimum Gasteiger partial charge on any atom is -0.240 e. The molecular formula is C13H15N5S2. The Kier molecular flexibility index (Phi) is 3.47. The highest BCUT2D eigenvalue weighted by Crippen LogP contribution is 2.28. The lowest BCUT2D eigenvalue weighted by molar-refractivity contribution is 0.321. The number of fused-ring (bicyclic) bond motifs is 1. The Balaban J connectivity index is 1.78. The smallest absolute Gasteiger partial charge is 0.210 e. The molecule has 0 atom stereocenters. The van der Waals surface area contributed by atoms with E-state index in [0.717, 1.165) is 21.4 Å². The summed E-state index contributed by atoms with van der Waals surface area (Å²) in [4.78, 5) is 4.62. The zero-order chi connectivity index (χ0) is 14.2. The normalized spacial score (nSPS) is 12.2. The maximum atomic E-state index is 4.62. The quantitative estimate of drug-likeness (QED) is 0.695. The standard InChI is InChI=1S/C13H15N5S2/c1-13(2,3)18-12(15-16-17-18)19-8-11-14-9-6-4-5-7-10(9)20-11/h4-7H,8H2,1-3H3. The van der Waals surface area contributed by atoms with Crippen LogP contribution in [0.15, 0.2) is 29.4 Å². The second-order valence-corrected chi connectivity index (χ2v) is 7.47. The minimum absolute atomic E-state index is 0.112. The van der Waals surface area contributed by atoms with Crippen molar-refractivity contribution in [1.82, 2.24) is 25.2 Å². The van der Waals surface area contributed by atoms with Crippen molar-refractivity contribution in [3.8, 4) is 0 Å². The molecule has 0 unspecified atom stereocenters. The van der Waals surface area contributed by atoms with E-state index in [-0.39, 0.29) is 5.54 Å². The largest absolute Gasteiger partial charge is 0.240 e. The molecule has 0 saturated heterocycles. The predicted octanol–water partition coefficient (Wildman–Crippen LogP) is 3.33. The molecule has 3 aromatic rings. The number of rotatable bonds is 3. The Hall–Kier alpha value is -1.47. The van der Waals surface area contributed by atoms with Gasteiger partial charge in [0.2, 0.25) is 5.16 Å². The highest BCUT2D eigenvalue weighted by atomic mass is 32.2. The van der Waals surface area contributed by atoms with Gasteiger partial charge in [-0.1, -0.05) is 23.9 Å². The van der Waals surface area contributed by atoms with Gasteiger partial charge in [-0.3, -0.25) is 0 Å². The van der Waals surface area contributed by atoms with Gasteiger partial charge in [-0.15, -0.1) is 16.4 Å². The SMILES string of the molecule is CC(C)(C)n1nnnc1SCc1nc2ccccc2s1. The fraction of sp³-hybridized carbons (Fsp3) is 0.385. The fourth-order valence-corrected chi connectivity index (χ4v) is 3.82. The number of benzene rings is 1. The zero-order valence-electron chi connectivity index (χ0n) is 11.6. The van der Waals surface area contributed by atoms with Gasteiger partial charge in [0.15, 0.2) is 0 Å². The monoisotopic (exact) mass is 305 g/mol. The summed E-state index contributed by atoms with van der Waals surface area (Å²) in [6.45, 7) is 6.27. The third-order valence-electron chi connectivity index (χ3n) is 2.74. The Morgan fingerprint density at radius 1 is 1.25 bits per heavy atom. The first-order chi connectivity index (χ1) is 9.54. The van der Waals surface area contributed by atoms with Crippen LogP contribution < -0.4 is 0 Å². The first-order valence-corrected chi connectivity index (χ1v) is 8.10. The molecule has 0 N–H and O–H groups in total. The van der Waals surface area contributed by atoms with Crippen LogP contribution in [0.2, 0.25) is 0 Å². The molecule has 0 aliphatic heterocycles. The average molecular weight is 305 g/mol. The summed E-state index contributed by atoms with van der Waals surface area (Å²) in [5.41, 5.74) is 0.947. The van der Waals surface area contributed by atoms with Crippen LogP contribution in [0.25, 0.3) is 10.2 Å². The molecule has 0 bridgehead atoms. The Bertz CT molecular complexity index is 693. The summed E-state index contributed by atoms with van der Waals surface area (Å²) in [6, 6.07) is 8.19. The van der Waals surface area contributed by atoms with Crippen LogP contribution in [0.3, 0.4) is 0 Å². The van der Waals surface area contributed by atoms with E-state index in [2.05, 4.69) is 47.3 Å². The number of thiazole rings is 1. The summed E-state index contributed by atoms with van der Waals surface area (Å²) >= 11 is 3.35. The molecule has 3 rings (SSSR count). The van der Waals surface area contributed by atoms with Crippen molar-refractivity contribution in [3.63, 3.8) is 0 Å². The fourth-order valence-electron chi connectivity index (χ4n) is 1.80. The van der Waals surface area contributed by atoms with Gasteiger partial charge in [0.25, 0.3) is 0 Å². The maximum Gasteiger partial charge on any atom is 0.210 e. The van der Waals surface area contributed by atoms with Crippen molar-refractivity contribution in [2.24, 2.45) is 0 Å².